The van der Waals surface area contributed by atoms with Gasteiger partial charge in [-0.3, -0.25) is 0 Å². The van der Waals surface area contributed by atoms with Gasteiger partial charge in [0.15, 0.2) is 0 Å². The summed E-state index contributed by atoms with van der Waals surface area (Å²) in [5.41, 5.74) is 7.97. The molecule has 20 heavy (non-hydrogen) atoms. The Bertz CT molecular complexity index is 611. The highest BCUT2D eigenvalue weighted by molar-refractivity contribution is 9.10. The van der Waals surface area contributed by atoms with Crippen molar-refractivity contribution in [1.29, 1.82) is 0 Å². The van der Waals surface area contributed by atoms with Gasteiger partial charge in [-0.25, -0.2) is 0 Å². The van der Waals surface area contributed by atoms with Crippen molar-refractivity contribution in [2.24, 2.45) is 5.73 Å². The van der Waals surface area contributed by atoms with Gasteiger partial charge in [-0.1, -0.05) is 22.0 Å². The van der Waals surface area contributed by atoms with Crippen molar-refractivity contribution in [3.8, 4) is 17.2 Å². The van der Waals surface area contributed by atoms with Gasteiger partial charge in [0.05, 0.1) is 12.7 Å². The van der Waals surface area contributed by atoms with Crippen molar-refractivity contribution in [3.63, 3.8) is 0 Å². The predicted octanol–water partition coefficient (Wildman–Crippen LogP) is 4.58. The van der Waals surface area contributed by atoms with E-state index in [0.717, 1.165) is 32.8 Å². The van der Waals surface area contributed by atoms with E-state index in [0.29, 0.717) is 0 Å². The molecule has 0 spiro atoms. The van der Waals surface area contributed by atoms with E-state index in [2.05, 4.69) is 15.9 Å². The van der Waals surface area contributed by atoms with Crippen molar-refractivity contribution in [1.82, 2.24) is 0 Å². The lowest BCUT2D eigenvalue weighted by Gasteiger charge is -2.18. The first-order chi connectivity index (χ1) is 9.52. The van der Waals surface area contributed by atoms with Gasteiger partial charge in [0.2, 0.25) is 0 Å². The molecule has 0 heterocycles. The molecule has 1 unspecified atom stereocenters. The van der Waals surface area contributed by atoms with Crippen LogP contribution in [-0.4, -0.2) is 7.11 Å². The van der Waals surface area contributed by atoms with Gasteiger partial charge in [0, 0.05) is 10.5 Å². The summed E-state index contributed by atoms with van der Waals surface area (Å²) < 4.78 is 12.4. The second-order valence-electron chi connectivity index (χ2n) is 4.67. The van der Waals surface area contributed by atoms with Crippen molar-refractivity contribution in [3.05, 3.63) is 52.0 Å². The van der Waals surface area contributed by atoms with E-state index in [1.165, 1.54) is 0 Å². The van der Waals surface area contributed by atoms with Gasteiger partial charge in [0.25, 0.3) is 0 Å². The maximum atomic E-state index is 6.04. The van der Waals surface area contributed by atoms with E-state index in [1.807, 2.05) is 50.2 Å². The first-order valence-electron chi connectivity index (χ1n) is 6.39. The lowest BCUT2D eigenvalue weighted by molar-refractivity contribution is 0.397. The smallest absolute Gasteiger partial charge is 0.135 e. The number of methoxy groups -OCH3 is 1. The third-order valence-corrected chi connectivity index (χ3v) is 3.55. The van der Waals surface area contributed by atoms with Gasteiger partial charge in [0.1, 0.15) is 17.2 Å². The van der Waals surface area contributed by atoms with E-state index in [1.54, 1.807) is 7.11 Å². The summed E-state index contributed by atoms with van der Waals surface area (Å²) in [5, 5.41) is 0. The lowest BCUT2D eigenvalue weighted by Crippen LogP contribution is -2.08. The van der Waals surface area contributed by atoms with Crippen molar-refractivity contribution in [2.45, 2.75) is 19.9 Å². The molecule has 1 atom stereocenters. The molecule has 4 heteroatoms. The molecule has 0 aromatic heterocycles. The van der Waals surface area contributed by atoms with E-state index >= 15 is 0 Å². The molecule has 2 rings (SSSR count). The molecule has 0 radical (unpaired) electrons. The predicted molar refractivity (Wildman–Crippen MR) is 84.5 cm³/mol. The van der Waals surface area contributed by atoms with Crippen LogP contribution in [0.2, 0.25) is 0 Å². The molecule has 0 fully saturated rings. The van der Waals surface area contributed by atoms with E-state index < -0.39 is 0 Å². The van der Waals surface area contributed by atoms with Crippen LogP contribution in [0.5, 0.6) is 17.2 Å². The van der Waals surface area contributed by atoms with Crippen LogP contribution >= 0.6 is 15.9 Å². The van der Waals surface area contributed by atoms with Crippen LogP contribution < -0.4 is 15.2 Å². The molecule has 0 bridgehead atoms. The molecule has 2 aromatic rings. The Morgan fingerprint density at radius 3 is 2.40 bits per heavy atom. The van der Waals surface area contributed by atoms with Crippen molar-refractivity contribution < 1.29 is 9.47 Å². The van der Waals surface area contributed by atoms with Crippen LogP contribution in [0.25, 0.3) is 0 Å². The zero-order valence-electron chi connectivity index (χ0n) is 11.8. The van der Waals surface area contributed by atoms with Crippen LogP contribution in [0.1, 0.15) is 24.1 Å². The highest BCUT2D eigenvalue weighted by Gasteiger charge is 2.15. The van der Waals surface area contributed by atoms with Crippen LogP contribution in [0.4, 0.5) is 0 Å². The molecule has 2 N–H and O–H groups in total. The minimum absolute atomic E-state index is 0.170. The van der Waals surface area contributed by atoms with Crippen LogP contribution in [-0.2, 0) is 0 Å². The summed E-state index contributed by atoms with van der Waals surface area (Å²) in [4.78, 5) is 0. The number of ether oxygens (including phenoxy) is 2. The van der Waals surface area contributed by atoms with Gasteiger partial charge in [-0.05, 0) is 49.7 Å². The first-order valence-corrected chi connectivity index (χ1v) is 7.18. The Kier molecular flexibility index (Phi) is 4.68. The molecule has 106 valence electrons. The van der Waals surface area contributed by atoms with Crippen LogP contribution in [0.3, 0.4) is 0 Å². The summed E-state index contributed by atoms with van der Waals surface area (Å²) in [5.74, 6) is 2.28. The van der Waals surface area contributed by atoms with Crippen molar-refractivity contribution in [2.75, 3.05) is 7.11 Å². The maximum Gasteiger partial charge on any atom is 0.135 e. The fourth-order valence-electron chi connectivity index (χ4n) is 2.09. The third kappa shape index (κ3) is 3.14. The van der Waals surface area contributed by atoms with Crippen molar-refractivity contribution >= 4 is 15.9 Å². The second-order valence-corrected chi connectivity index (χ2v) is 5.59. The molecule has 0 aliphatic carbocycles. The summed E-state index contributed by atoms with van der Waals surface area (Å²) in [6.45, 7) is 3.92. The quantitative estimate of drug-likeness (QED) is 0.889. The standard InChI is InChI=1S/C16H18BrNO2/c1-10-9-12(17)7-8-13(10)20-15-6-4-5-14(19-3)16(15)11(2)18/h4-9,11H,18H2,1-3H3. The minimum atomic E-state index is -0.170. The molecule has 0 aliphatic heterocycles. The Morgan fingerprint density at radius 2 is 1.80 bits per heavy atom. The lowest BCUT2D eigenvalue weighted by atomic mass is 10.1. The van der Waals surface area contributed by atoms with E-state index in [-0.39, 0.29) is 6.04 Å². The SMILES string of the molecule is COc1cccc(Oc2ccc(Br)cc2C)c1C(C)N. The maximum absolute atomic E-state index is 6.04. The Morgan fingerprint density at radius 1 is 1.10 bits per heavy atom. The molecule has 3 nitrogen and oxygen atoms in total. The molecular weight excluding hydrogens is 318 g/mol. The number of rotatable bonds is 4. The topological polar surface area (TPSA) is 44.5 Å². The average molecular weight is 336 g/mol. The molecule has 2 aromatic carbocycles. The molecule has 0 saturated heterocycles. The number of hydrogen-bond acceptors (Lipinski definition) is 3. The fourth-order valence-corrected chi connectivity index (χ4v) is 2.56. The number of halogens is 1. The molecule has 0 aliphatic rings. The van der Waals surface area contributed by atoms with E-state index in [9.17, 15) is 0 Å². The van der Waals surface area contributed by atoms with Gasteiger partial charge >= 0.3 is 0 Å². The third-order valence-electron chi connectivity index (χ3n) is 3.06. The van der Waals surface area contributed by atoms with Gasteiger partial charge in [-0.2, -0.15) is 0 Å². The zero-order valence-corrected chi connectivity index (χ0v) is 13.4. The number of benzene rings is 2. The highest BCUT2D eigenvalue weighted by Crippen LogP contribution is 2.36. The molecule has 0 saturated carbocycles. The molecule has 0 amide bonds. The normalized spacial score (nSPS) is 12.1. The number of nitrogens with two attached hydrogens (primary N) is 1. The first kappa shape index (κ1) is 14.9. The van der Waals surface area contributed by atoms with E-state index in [4.69, 9.17) is 15.2 Å². The highest BCUT2D eigenvalue weighted by atomic mass is 79.9. The largest absolute Gasteiger partial charge is 0.496 e. The summed E-state index contributed by atoms with van der Waals surface area (Å²) in [6.07, 6.45) is 0. The average Bonchev–Trinajstić information content (AvgIpc) is 2.41. The van der Waals surface area contributed by atoms with Crippen LogP contribution in [0.15, 0.2) is 40.9 Å². The monoisotopic (exact) mass is 335 g/mol. The Hall–Kier alpha value is -1.52. The van der Waals surface area contributed by atoms with Gasteiger partial charge < -0.3 is 15.2 Å². The summed E-state index contributed by atoms with van der Waals surface area (Å²) >= 11 is 3.45. The Labute approximate surface area is 127 Å². The number of aryl methyl sites for hydroxylation is 1. The Balaban J connectivity index is 2.43. The second kappa shape index (κ2) is 6.29. The summed E-state index contributed by atoms with van der Waals surface area (Å²) in [6, 6.07) is 11.4. The minimum Gasteiger partial charge on any atom is -0.496 e. The zero-order chi connectivity index (χ0) is 14.7. The van der Waals surface area contributed by atoms with Crippen LogP contribution in [0, 0.1) is 6.92 Å². The summed E-state index contributed by atoms with van der Waals surface area (Å²) in [7, 11) is 1.63. The van der Waals surface area contributed by atoms with Gasteiger partial charge in [-0.15, -0.1) is 0 Å². The fraction of sp³-hybridized carbons (Fsp3) is 0.250. The number of hydrogen-bond donors (Lipinski definition) is 1. The molecular formula is C16H18BrNO2.